The zero-order valence-electron chi connectivity index (χ0n) is 17.1. The highest BCUT2D eigenvalue weighted by molar-refractivity contribution is 7.89. The van der Waals surface area contributed by atoms with Crippen LogP contribution in [0.4, 0.5) is 5.69 Å². The molecule has 2 aromatic carbocycles. The largest absolute Gasteiger partial charge is 0.507 e. The maximum Gasteiger partial charge on any atom is 0.243 e. The van der Waals surface area contributed by atoms with E-state index in [-0.39, 0.29) is 10.6 Å². The van der Waals surface area contributed by atoms with Crippen LogP contribution in [0.15, 0.2) is 46.3 Å². The van der Waals surface area contributed by atoms with Gasteiger partial charge in [-0.25, -0.2) is 8.42 Å². The highest BCUT2D eigenvalue weighted by Gasteiger charge is 2.27. The van der Waals surface area contributed by atoms with Crippen LogP contribution in [0.25, 0.3) is 0 Å². The molecule has 1 N–H and O–H groups in total. The molecule has 1 heterocycles. The first kappa shape index (κ1) is 22.1. The summed E-state index contributed by atoms with van der Waals surface area (Å²) >= 11 is 0. The van der Waals surface area contributed by atoms with Crippen LogP contribution >= 0.6 is 0 Å². The summed E-state index contributed by atoms with van der Waals surface area (Å²) in [6.07, 6.45) is 2.33. The van der Waals surface area contributed by atoms with E-state index in [1.807, 2.05) is 6.92 Å². The summed E-state index contributed by atoms with van der Waals surface area (Å²) < 4.78 is 43.3. The molecule has 0 atom stereocenters. The fourth-order valence-corrected chi connectivity index (χ4v) is 4.38. The second-order valence-corrected chi connectivity index (χ2v) is 8.62. The third-order valence-corrected chi connectivity index (χ3v) is 6.47. The topological polar surface area (TPSA) is 97.7 Å². The zero-order chi connectivity index (χ0) is 21.6. The Labute approximate surface area is 176 Å². The molecule has 8 nitrogen and oxygen atoms in total. The number of aromatic hydroxyl groups is 1. The van der Waals surface area contributed by atoms with Crippen molar-refractivity contribution in [2.24, 2.45) is 4.99 Å². The Morgan fingerprint density at radius 3 is 2.63 bits per heavy atom. The average Bonchev–Trinajstić information content (AvgIpc) is 2.77. The molecule has 3 rings (SSSR count). The molecule has 0 aliphatic carbocycles. The molecular formula is C21H26N2O6S. The fourth-order valence-electron chi connectivity index (χ4n) is 2.95. The monoisotopic (exact) mass is 434 g/mol. The van der Waals surface area contributed by atoms with Crippen molar-refractivity contribution in [1.29, 1.82) is 0 Å². The van der Waals surface area contributed by atoms with Gasteiger partial charge in [0.15, 0.2) is 0 Å². The lowest BCUT2D eigenvalue weighted by Crippen LogP contribution is -2.40. The molecule has 0 radical (unpaired) electrons. The van der Waals surface area contributed by atoms with Gasteiger partial charge in [-0.05, 0) is 36.8 Å². The first-order chi connectivity index (χ1) is 14.5. The average molecular weight is 435 g/mol. The van der Waals surface area contributed by atoms with E-state index in [4.69, 9.17) is 14.2 Å². The molecule has 0 amide bonds. The number of hydrogen-bond donors (Lipinski definition) is 1. The van der Waals surface area contributed by atoms with Gasteiger partial charge in [0.05, 0.1) is 31.8 Å². The zero-order valence-corrected chi connectivity index (χ0v) is 17.9. The number of benzene rings is 2. The van der Waals surface area contributed by atoms with Crippen molar-refractivity contribution in [3.05, 3.63) is 42.0 Å². The van der Waals surface area contributed by atoms with Gasteiger partial charge < -0.3 is 19.3 Å². The van der Waals surface area contributed by atoms with E-state index in [9.17, 15) is 13.5 Å². The normalized spacial score (nSPS) is 15.4. The summed E-state index contributed by atoms with van der Waals surface area (Å²) in [6.45, 7) is 3.94. The van der Waals surface area contributed by atoms with Crippen LogP contribution in [0, 0.1) is 0 Å². The maximum atomic E-state index is 12.9. The number of nitrogens with zero attached hydrogens (tertiary/aromatic N) is 2. The van der Waals surface area contributed by atoms with Crippen LogP contribution in [0.1, 0.15) is 18.9 Å². The summed E-state index contributed by atoms with van der Waals surface area (Å²) in [6, 6.07) is 9.49. The van der Waals surface area contributed by atoms with Crippen LogP contribution in [0.5, 0.6) is 17.2 Å². The van der Waals surface area contributed by atoms with Gasteiger partial charge in [-0.15, -0.1) is 0 Å². The molecule has 1 saturated heterocycles. The molecule has 0 spiro atoms. The highest BCUT2D eigenvalue weighted by Crippen LogP contribution is 2.32. The first-order valence-corrected chi connectivity index (χ1v) is 11.2. The van der Waals surface area contributed by atoms with Crippen LogP contribution in [-0.4, -0.2) is 64.1 Å². The summed E-state index contributed by atoms with van der Waals surface area (Å²) in [5.41, 5.74) is 0.819. The minimum Gasteiger partial charge on any atom is -0.507 e. The Kier molecular flexibility index (Phi) is 7.30. The lowest BCUT2D eigenvalue weighted by molar-refractivity contribution is 0.0730. The molecule has 0 aromatic heterocycles. The van der Waals surface area contributed by atoms with Gasteiger partial charge >= 0.3 is 0 Å². The predicted molar refractivity (Wildman–Crippen MR) is 114 cm³/mol. The molecule has 0 unspecified atom stereocenters. The van der Waals surface area contributed by atoms with Crippen LogP contribution in [0.2, 0.25) is 0 Å². The van der Waals surface area contributed by atoms with E-state index < -0.39 is 10.0 Å². The number of methoxy groups -OCH3 is 1. The second-order valence-electron chi connectivity index (χ2n) is 6.68. The molecule has 162 valence electrons. The quantitative estimate of drug-likeness (QED) is 0.642. The van der Waals surface area contributed by atoms with Gasteiger partial charge in [-0.1, -0.05) is 6.92 Å². The summed E-state index contributed by atoms with van der Waals surface area (Å²) in [7, 11) is -2.17. The number of sulfonamides is 1. The Balaban J connectivity index is 1.87. The van der Waals surface area contributed by atoms with Gasteiger partial charge in [0.1, 0.15) is 22.9 Å². The molecule has 0 saturated carbocycles. The van der Waals surface area contributed by atoms with Gasteiger partial charge in [0, 0.05) is 30.9 Å². The minimum atomic E-state index is -3.66. The SMILES string of the molecule is CCCOc1ccc(C=Nc2cc(S(=O)(=O)N3CCOCC3)ccc2OC)c(O)c1. The van der Waals surface area contributed by atoms with Crippen molar-refractivity contribution >= 4 is 21.9 Å². The molecule has 1 aliphatic rings. The van der Waals surface area contributed by atoms with E-state index in [0.717, 1.165) is 6.42 Å². The van der Waals surface area contributed by atoms with Crippen molar-refractivity contribution in [3.8, 4) is 17.2 Å². The summed E-state index contributed by atoms with van der Waals surface area (Å²) in [4.78, 5) is 4.49. The molecule has 9 heteroatoms. The number of phenols is 1. The van der Waals surface area contributed by atoms with E-state index in [1.54, 1.807) is 18.2 Å². The molecule has 1 aliphatic heterocycles. The Morgan fingerprint density at radius 2 is 1.97 bits per heavy atom. The number of morpholine rings is 1. The van der Waals surface area contributed by atoms with Crippen molar-refractivity contribution in [2.75, 3.05) is 40.0 Å². The third-order valence-electron chi connectivity index (χ3n) is 4.58. The van der Waals surface area contributed by atoms with E-state index in [1.165, 1.54) is 35.8 Å². The van der Waals surface area contributed by atoms with Crippen molar-refractivity contribution in [2.45, 2.75) is 18.2 Å². The maximum absolute atomic E-state index is 12.9. The molecular weight excluding hydrogens is 408 g/mol. The number of ether oxygens (including phenoxy) is 3. The Bertz CT molecular complexity index is 1000. The molecule has 1 fully saturated rings. The van der Waals surface area contributed by atoms with E-state index in [2.05, 4.69) is 4.99 Å². The lowest BCUT2D eigenvalue weighted by Gasteiger charge is -2.26. The highest BCUT2D eigenvalue weighted by atomic mass is 32.2. The van der Waals surface area contributed by atoms with Crippen molar-refractivity contribution in [3.63, 3.8) is 0 Å². The number of aliphatic imine (C=N–C) groups is 1. The van der Waals surface area contributed by atoms with Crippen LogP contribution in [-0.2, 0) is 14.8 Å². The number of hydrogen-bond acceptors (Lipinski definition) is 7. The van der Waals surface area contributed by atoms with Gasteiger partial charge in [-0.3, -0.25) is 4.99 Å². The van der Waals surface area contributed by atoms with Gasteiger partial charge in [0.2, 0.25) is 10.0 Å². The minimum absolute atomic E-state index is 0.0170. The Morgan fingerprint density at radius 1 is 1.20 bits per heavy atom. The molecule has 2 aromatic rings. The van der Waals surface area contributed by atoms with Crippen molar-refractivity contribution < 1.29 is 27.7 Å². The van der Waals surface area contributed by atoms with Crippen LogP contribution in [0.3, 0.4) is 0 Å². The number of rotatable bonds is 8. The predicted octanol–water partition coefficient (Wildman–Crippen LogP) is 2.96. The van der Waals surface area contributed by atoms with E-state index in [0.29, 0.717) is 55.7 Å². The molecule has 30 heavy (non-hydrogen) atoms. The van der Waals surface area contributed by atoms with Crippen molar-refractivity contribution in [1.82, 2.24) is 4.31 Å². The summed E-state index contributed by atoms with van der Waals surface area (Å²) in [5.74, 6) is 1.01. The second kappa shape index (κ2) is 9.92. The standard InChI is InChI=1S/C21H26N2O6S/c1-3-10-29-17-5-4-16(20(24)13-17)15-22-19-14-18(6-7-21(19)27-2)30(25,26)23-8-11-28-12-9-23/h4-7,13-15,24H,3,8-12H2,1-2H3. The smallest absolute Gasteiger partial charge is 0.243 e. The van der Waals surface area contributed by atoms with Crippen LogP contribution < -0.4 is 9.47 Å². The summed E-state index contributed by atoms with van der Waals surface area (Å²) in [5, 5.41) is 10.2. The fraction of sp³-hybridized carbons (Fsp3) is 0.381. The number of phenolic OH excluding ortho intramolecular Hbond substituents is 1. The van der Waals surface area contributed by atoms with E-state index >= 15 is 0 Å². The van der Waals surface area contributed by atoms with Gasteiger partial charge in [-0.2, -0.15) is 4.31 Å². The lowest BCUT2D eigenvalue weighted by atomic mass is 10.2. The third kappa shape index (κ3) is 5.10. The first-order valence-electron chi connectivity index (χ1n) is 9.71. The molecule has 0 bridgehead atoms. The Hall–Kier alpha value is -2.62. The van der Waals surface area contributed by atoms with Gasteiger partial charge in [0.25, 0.3) is 0 Å².